The van der Waals surface area contributed by atoms with Gasteiger partial charge < -0.3 is 9.84 Å². The first-order valence-corrected chi connectivity index (χ1v) is 4.13. The molecule has 0 aromatic rings. The standard InChI is InChI=1S/C8H16O2/c1-2-3-7-4-5-8(6-9)10-7/h7-9H,2-6H2,1H3/t7-,8+/m0/s1. The average molecular weight is 144 g/mol. The van der Waals surface area contributed by atoms with Gasteiger partial charge in [-0.2, -0.15) is 0 Å². The Hall–Kier alpha value is -0.0800. The van der Waals surface area contributed by atoms with E-state index in [1.807, 2.05) is 0 Å². The molecule has 2 heteroatoms. The van der Waals surface area contributed by atoms with E-state index in [-0.39, 0.29) is 12.7 Å². The molecule has 0 bridgehead atoms. The van der Waals surface area contributed by atoms with Crippen LogP contribution in [-0.4, -0.2) is 23.9 Å². The van der Waals surface area contributed by atoms with Crippen molar-refractivity contribution in [1.29, 1.82) is 0 Å². The van der Waals surface area contributed by atoms with E-state index in [1.54, 1.807) is 0 Å². The summed E-state index contributed by atoms with van der Waals surface area (Å²) < 4.78 is 5.50. The van der Waals surface area contributed by atoms with E-state index in [0.29, 0.717) is 6.10 Å². The maximum atomic E-state index is 8.73. The molecule has 1 fully saturated rings. The van der Waals surface area contributed by atoms with Gasteiger partial charge >= 0.3 is 0 Å². The Kier molecular flexibility index (Phi) is 3.16. The highest BCUT2D eigenvalue weighted by Gasteiger charge is 2.23. The SMILES string of the molecule is CCC[C@H]1CC[C@H](CO)O1. The zero-order valence-corrected chi connectivity index (χ0v) is 6.55. The zero-order chi connectivity index (χ0) is 7.40. The fourth-order valence-corrected chi connectivity index (χ4v) is 1.45. The minimum atomic E-state index is 0.136. The molecular weight excluding hydrogens is 128 g/mol. The van der Waals surface area contributed by atoms with Gasteiger partial charge in [-0.3, -0.25) is 0 Å². The number of hydrogen-bond acceptors (Lipinski definition) is 2. The van der Waals surface area contributed by atoms with Crippen LogP contribution in [0.2, 0.25) is 0 Å². The molecule has 2 nitrogen and oxygen atoms in total. The first-order chi connectivity index (χ1) is 4.86. The molecule has 0 unspecified atom stereocenters. The van der Waals surface area contributed by atoms with Gasteiger partial charge in [0, 0.05) is 0 Å². The Balaban J connectivity index is 2.15. The summed E-state index contributed by atoms with van der Waals surface area (Å²) in [5.74, 6) is 0. The molecule has 1 saturated heterocycles. The van der Waals surface area contributed by atoms with E-state index in [0.717, 1.165) is 19.3 Å². The molecule has 1 N–H and O–H groups in total. The van der Waals surface area contributed by atoms with Crippen LogP contribution < -0.4 is 0 Å². The normalized spacial score (nSPS) is 33.0. The Bertz CT molecular complexity index is 93.3. The highest BCUT2D eigenvalue weighted by Crippen LogP contribution is 2.22. The Labute approximate surface area is 62.2 Å². The molecule has 1 aliphatic heterocycles. The molecule has 0 aliphatic carbocycles. The molecule has 1 heterocycles. The number of aliphatic hydroxyl groups is 1. The van der Waals surface area contributed by atoms with Crippen LogP contribution in [0, 0.1) is 0 Å². The number of aliphatic hydroxyl groups excluding tert-OH is 1. The lowest BCUT2D eigenvalue weighted by molar-refractivity contribution is 0.00833. The molecule has 1 aliphatic rings. The van der Waals surface area contributed by atoms with Crippen LogP contribution in [-0.2, 0) is 4.74 Å². The first-order valence-electron chi connectivity index (χ1n) is 4.13. The van der Waals surface area contributed by atoms with Gasteiger partial charge in [-0.25, -0.2) is 0 Å². The lowest BCUT2D eigenvalue weighted by Gasteiger charge is -2.09. The predicted molar refractivity (Wildman–Crippen MR) is 39.9 cm³/mol. The number of ether oxygens (including phenoxy) is 1. The van der Waals surface area contributed by atoms with Crippen molar-refractivity contribution in [3.8, 4) is 0 Å². The summed E-state index contributed by atoms with van der Waals surface area (Å²) in [4.78, 5) is 0. The van der Waals surface area contributed by atoms with Gasteiger partial charge in [-0.15, -0.1) is 0 Å². The highest BCUT2D eigenvalue weighted by atomic mass is 16.5. The molecule has 0 amide bonds. The molecule has 0 spiro atoms. The molecule has 60 valence electrons. The van der Waals surface area contributed by atoms with Crippen LogP contribution in [0.4, 0.5) is 0 Å². The third-order valence-electron chi connectivity index (χ3n) is 2.01. The first kappa shape index (κ1) is 8.02. The summed E-state index contributed by atoms with van der Waals surface area (Å²) in [5.41, 5.74) is 0. The van der Waals surface area contributed by atoms with Crippen LogP contribution >= 0.6 is 0 Å². The maximum Gasteiger partial charge on any atom is 0.0810 e. The Morgan fingerprint density at radius 3 is 2.60 bits per heavy atom. The second-order valence-electron chi connectivity index (χ2n) is 2.93. The summed E-state index contributed by atoms with van der Waals surface area (Å²) in [6.07, 6.45) is 5.08. The third kappa shape index (κ3) is 1.96. The fraction of sp³-hybridized carbons (Fsp3) is 1.00. The Morgan fingerprint density at radius 2 is 2.10 bits per heavy atom. The molecule has 0 radical (unpaired) electrons. The monoisotopic (exact) mass is 144 g/mol. The van der Waals surface area contributed by atoms with Gasteiger partial charge in [0.25, 0.3) is 0 Å². The minimum Gasteiger partial charge on any atom is -0.394 e. The smallest absolute Gasteiger partial charge is 0.0810 e. The topological polar surface area (TPSA) is 29.5 Å². The van der Waals surface area contributed by atoms with E-state index in [1.165, 1.54) is 6.42 Å². The minimum absolute atomic E-state index is 0.136. The molecule has 0 aromatic carbocycles. The molecular formula is C8H16O2. The van der Waals surface area contributed by atoms with Gasteiger partial charge in [-0.1, -0.05) is 13.3 Å². The molecule has 2 atom stereocenters. The van der Waals surface area contributed by atoms with Gasteiger partial charge in [0.1, 0.15) is 0 Å². The summed E-state index contributed by atoms with van der Waals surface area (Å²) in [5, 5.41) is 8.73. The van der Waals surface area contributed by atoms with Gasteiger partial charge in [-0.05, 0) is 19.3 Å². The van der Waals surface area contributed by atoms with Crippen molar-refractivity contribution in [3.05, 3.63) is 0 Å². The summed E-state index contributed by atoms with van der Waals surface area (Å²) in [6, 6.07) is 0. The lowest BCUT2D eigenvalue weighted by Crippen LogP contribution is -2.13. The van der Waals surface area contributed by atoms with Gasteiger partial charge in [0.05, 0.1) is 18.8 Å². The van der Waals surface area contributed by atoms with Gasteiger partial charge in [0.15, 0.2) is 0 Å². The molecule has 0 saturated carbocycles. The van der Waals surface area contributed by atoms with Crippen molar-refractivity contribution in [1.82, 2.24) is 0 Å². The second-order valence-corrected chi connectivity index (χ2v) is 2.93. The van der Waals surface area contributed by atoms with E-state index < -0.39 is 0 Å². The second kappa shape index (κ2) is 3.94. The van der Waals surface area contributed by atoms with Crippen LogP contribution in [0.5, 0.6) is 0 Å². The Morgan fingerprint density at radius 1 is 1.40 bits per heavy atom. The summed E-state index contributed by atoms with van der Waals surface area (Å²) >= 11 is 0. The van der Waals surface area contributed by atoms with Crippen molar-refractivity contribution in [2.45, 2.75) is 44.8 Å². The lowest BCUT2D eigenvalue weighted by atomic mass is 10.1. The van der Waals surface area contributed by atoms with Crippen LogP contribution in [0.3, 0.4) is 0 Å². The molecule has 0 aromatic heterocycles. The fourth-order valence-electron chi connectivity index (χ4n) is 1.45. The summed E-state index contributed by atoms with van der Waals surface area (Å²) in [7, 11) is 0. The largest absolute Gasteiger partial charge is 0.394 e. The van der Waals surface area contributed by atoms with E-state index in [9.17, 15) is 0 Å². The zero-order valence-electron chi connectivity index (χ0n) is 6.55. The van der Waals surface area contributed by atoms with Crippen molar-refractivity contribution in [3.63, 3.8) is 0 Å². The quantitative estimate of drug-likeness (QED) is 0.647. The van der Waals surface area contributed by atoms with Crippen molar-refractivity contribution >= 4 is 0 Å². The van der Waals surface area contributed by atoms with E-state index in [4.69, 9.17) is 9.84 Å². The van der Waals surface area contributed by atoms with Crippen molar-refractivity contribution < 1.29 is 9.84 Å². The van der Waals surface area contributed by atoms with Crippen LogP contribution in [0.1, 0.15) is 32.6 Å². The maximum absolute atomic E-state index is 8.73. The third-order valence-corrected chi connectivity index (χ3v) is 2.01. The van der Waals surface area contributed by atoms with Crippen molar-refractivity contribution in [2.24, 2.45) is 0 Å². The van der Waals surface area contributed by atoms with Crippen LogP contribution in [0.15, 0.2) is 0 Å². The van der Waals surface area contributed by atoms with Crippen LogP contribution in [0.25, 0.3) is 0 Å². The predicted octanol–water partition coefficient (Wildman–Crippen LogP) is 1.33. The van der Waals surface area contributed by atoms with E-state index >= 15 is 0 Å². The molecule has 10 heavy (non-hydrogen) atoms. The van der Waals surface area contributed by atoms with Gasteiger partial charge in [0.2, 0.25) is 0 Å². The van der Waals surface area contributed by atoms with E-state index in [2.05, 4.69) is 6.92 Å². The summed E-state index contributed by atoms with van der Waals surface area (Å²) in [6.45, 7) is 2.36. The molecule has 1 rings (SSSR count). The number of rotatable bonds is 3. The average Bonchev–Trinajstić information content (AvgIpc) is 2.37. The highest BCUT2D eigenvalue weighted by molar-refractivity contribution is 4.72. The van der Waals surface area contributed by atoms with Crippen molar-refractivity contribution in [2.75, 3.05) is 6.61 Å². The number of hydrogen-bond donors (Lipinski definition) is 1.